The van der Waals surface area contributed by atoms with Gasteiger partial charge in [0.05, 0.1) is 3.57 Å². The minimum atomic E-state index is -0.191. The molecule has 0 spiro atoms. The zero-order valence-electron chi connectivity index (χ0n) is 8.99. The SMILES string of the molecule is CCCn1cc(I)c(=O)n(CCC)c1=O. The Hall–Kier alpha value is -0.590. The van der Waals surface area contributed by atoms with Gasteiger partial charge in [0.2, 0.25) is 0 Å². The molecule has 1 rings (SSSR count). The zero-order valence-corrected chi connectivity index (χ0v) is 11.2. The van der Waals surface area contributed by atoms with Crippen molar-refractivity contribution in [3.63, 3.8) is 0 Å². The lowest BCUT2D eigenvalue weighted by Crippen LogP contribution is -2.40. The lowest BCUT2D eigenvalue weighted by Gasteiger charge is -2.09. The first-order chi connectivity index (χ1) is 7.11. The van der Waals surface area contributed by atoms with Crippen molar-refractivity contribution in [2.24, 2.45) is 0 Å². The molecule has 0 bridgehead atoms. The zero-order chi connectivity index (χ0) is 11.4. The second-order valence-corrected chi connectivity index (χ2v) is 4.57. The minimum Gasteiger partial charge on any atom is -0.299 e. The molecule has 0 aliphatic carbocycles. The van der Waals surface area contributed by atoms with Gasteiger partial charge in [-0.1, -0.05) is 13.8 Å². The summed E-state index contributed by atoms with van der Waals surface area (Å²) in [6.07, 6.45) is 3.32. The third kappa shape index (κ3) is 2.70. The van der Waals surface area contributed by atoms with Crippen molar-refractivity contribution in [2.45, 2.75) is 39.8 Å². The van der Waals surface area contributed by atoms with E-state index in [0.29, 0.717) is 16.7 Å². The van der Waals surface area contributed by atoms with Crippen LogP contribution in [0.5, 0.6) is 0 Å². The van der Waals surface area contributed by atoms with Gasteiger partial charge in [-0.25, -0.2) is 4.79 Å². The highest BCUT2D eigenvalue weighted by Crippen LogP contribution is 1.96. The van der Waals surface area contributed by atoms with Crippen molar-refractivity contribution in [3.05, 3.63) is 30.6 Å². The van der Waals surface area contributed by atoms with E-state index in [1.54, 1.807) is 10.8 Å². The second-order valence-electron chi connectivity index (χ2n) is 3.41. The summed E-state index contributed by atoms with van der Waals surface area (Å²) in [4.78, 5) is 23.5. The predicted molar refractivity (Wildman–Crippen MR) is 68.3 cm³/mol. The first-order valence-electron chi connectivity index (χ1n) is 5.11. The van der Waals surface area contributed by atoms with Gasteiger partial charge in [0.15, 0.2) is 0 Å². The summed E-state index contributed by atoms with van der Waals surface area (Å²) in [5, 5.41) is 0. The molecule has 0 amide bonds. The number of aromatic nitrogens is 2. The van der Waals surface area contributed by atoms with Crippen molar-refractivity contribution in [2.75, 3.05) is 0 Å². The van der Waals surface area contributed by atoms with Crippen LogP contribution in [0.1, 0.15) is 26.7 Å². The van der Waals surface area contributed by atoms with Crippen LogP contribution in [0.25, 0.3) is 0 Å². The molecule has 4 nitrogen and oxygen atoms in total. The highest BCUT2D eigenvalue weighted by Gasteiger charge is 2.07. The van der Waals surface area contributed by atoms with Crippen LogP contribution in [-0.2, 0) is 13.1 Å². The van der Waals surface area contributed by atoms with E-state index in [4.69, 9.17) is 0 Å². The molecule has 0 N–H and O–H groups in total. The van der Waals surface area contributed by atoms with Gasteiger partial charge in [-0.05, 0) is 35.4 Å². The molecule has 0 unspecified atom stereocenters. The maximum Gasteiger partial charge on any atom is 0.331 e. The van der Waals surface area contributed by atoms with Crippen LogP contribution >= 0.6 is 22.6 Å². The number of halogens is 1. The van der Waals surface area contributed by atoms with Crippen LogP contribution in [0, 0.1) is 3.57 Å². The summed E-state index contributed by atoms with van der Waals surface area (Å²) in [6, 6.07) is 0. The standard InChI is InChI=1S/C10H15IN2O2/c1-3-5-12-7-8(11)9(14)13(6-4-2)10(12)15/h7H,3-6H2,1-2H3. The van der Waals surface area contributed by atoms with E-state index in [1.807, 2.05) is 36.4 Å². The summed E-state index contributed by atoms with van der Waals surface area (Å²) >= 11 is 1.98. The number of aryl methyl sites for hydroxylation is 1. The van der Waals surface area contributed by atoms with E-state index >= 15 is 0 Å². The highest BCUT2D eigenvalue weighted by molar-refractivity contribution is 14.1. The average Bonchev–Trinajstić information content (AvgIpc) is 2.21. The van der Waals surface area contributed by atoms with E-state index in [0.717, 1.165) is 12.8 Å². The topological polar surface area (TPSA) is 44.0 Å². The number of nitrogens with zero attached hydrogens (tertiary/aromatic N) is 2. The summed E-state index contributed by atoms with van der Waals surface area (Å²) in [5.41, 5.74) is -0.362. The quantitative estimate of drug-likeness (QED) is 0.787. The molecule has 0 aliphatic rings. The second kappa shape index (κ2) is 5.48. The number of hydrogen-bond acceptors (Lipinski definition) is 2. The summed E-state index contributed by atoms with van der Waals surface area (Å²) in [6.45, 7) is 5.13. The molecule has 84 valence electrons. The fraction of sp³-hybridized carbons (Fsp3) is 0.600. The van der Waals surface area contributed by atoms with Gasteiger partial charge in [-0.3, -0.25) is 13.9 Å². The third-order valence-corrected chi connectivity index (χ3v) is 2.85. The van der Waals surface area contributed by atoms with Gasteiger partial charge in [-0.2, -0.15) is 0 Å². The fourth-order valence-corrected chi connectivity index (χ4v) is 2.07. The molecule has 0 aromatic carbocycles. The molecule has 1 aromatic rings. The molecule has 0 radical (unpaired) electrons. The maximum absolute atomic E-state index is 11.8. The Morgan fingerprint density at radius 2 is 1.80 bits per heavy atom. The van der Waals surface area contributed by atoms with Gasteiger partial charge >= 0.3 is 5.69 Å². The summed E-state index contributed by atoms with van der Waals surface area (Å²) < 4.78 is 3.53. The Bertz CT molecular complexity index is 448. The van der Waals surface area contributed by atoms with Crippen LogP contribution in [0.3, 0.4) is 0 Å². The van der Waals surface area contributed by atoms with Crippen LogP contribution in [0.15, 0.2) is 15.8 Å². The van der Waals surface area contributed by atoms with Crippen molar-refractivity contribution in [1.29, 1.82) is 0 Å². The van der Waals surface area contributed by atoms with Crippen molar-refractivity contribution >= 4 is 22.6 Å². The van der Waals surface area contributed by atoms with Gasteiger partial charge in [0, 0.05) is 19.3 Å². The van der Waals surface area contributed by atoms with Crippen LogP contribution in [0.2, 0.25) is 0 Å². The molecule has 0 aliphatic heterocycles. The van der Waals surface area contributed by atoms with Crippen molar-refractivity contribution in [3.8, 4) is 0 Å². The Kier molecular flexibility index (Phi) is 4.56. The molecule has 0 fully saturated rings. The van der Waals surface area contributed by atoms with Crippen molar-refractivity contribution < 1.29 is 0 Å². The number of hydrogen-bond donors (Lipinski definition) is 0. The Balaban J connectivity index is 3.35. The molecule has 5 heteroatoms. The fourth-order valence-electron chi connectivity index (χ4n) is 1.44. The summed E-state index contributed by atoms with van der Waals surface area (Å²) in [5.74, 6) is 0. The molecule has 1 heterocycles. The molecular weight excluding hydrogens is 307 g/mol. The first-order valence-corrected chi connectivity index (χ1v) is 6.19. The molecule has 1 aromatic heterocycles. The molecule has 0 saturated carbocycles. The molecular formula is C10H15IN2O2. The van der Waals surface area contributed by atoms with E-state index in [-0.39, 0.29) is 11.2 Å². The van der Waals surface area contributed by atoms with Crippen molar-refractivity contribution in [1.82, 2.24) is 9.13 Å². The number of rotatable bonds is 4. The van der Waals surface area contributed by atoms with Crippen LogP contribution < -0.4 is 11.2 Å². The Morgan fingerprint density at radius 3 is 2.33 bits per heavy atom. The molecule has 15 heavy (non-hydrogen) atoms. The van der Waals surface area contributed by atoms with E-state index in [1.165, 1.54) is 4.57 Å². The predicted octanol–water partition coefficient (Wildman–Crippen LogP) is 1.43. The Morgan fingerprint density at radius 1 is 1.20 bits per heavy atom. The largest absolute Gasteiger partial charge is 0.331 e. The smallest absolute Gasteiger partial charge is 0.299 e. The van der Waals surface area contributed by atoms with E-state index < -0.39 is 0 Å². The highest BCUT2D eigenvalue weighted by atomic mass is 127. The first kappa shape index (κ1) is 12.5. The van der Waals surface area contributed by atoms with Gasteiger partial charge in [0.1, 0.15) is 0 Å². The lowest BCUT2D eigenvalue weighted by atomic mass is 10.4. The summed E-state index contributed by atoms with van der Waals surface area (Å²) in [7, 11) is 0. The lowest BCUT2D eigenvalue weighted by molar-refractivity contribution is 0.536. The minimum absolute atomic E-state index is 0.171. The van der Waals surface area contributed by atoms with Gasteiger partial charge < -0.3 is 0 Å². The van der Waals surface area contributed by atoms with E-state index in [9.17, 15) is 9.59 Å². The Labute approximate surface area is 102 Å². The third-order valence-electron chi connectivity index (χ3n) is 2.11. The van der Waals surface area contributed by atoms with Crippen LogP contribution in [0.4, 0.5) is 0 Å². The maximum atomic E-state index is 11.8. The molecule has 0 atom stereocenters. The normalized spacial score (nSPS) is 10.6. The van der Waals surface area contributed by atoms with Gasteiger partial charge in [-0.15, -0.1) is 0 Å². The average molecular weight is 322 g/mol. The van der Waals surface area contributed by atoms with Gasteiger partial charge in [0.25, 0.3) is 5.56 Å². The monoisotopic (exact) mass is 322 g/mol. The molecule has 0 saturated heterocycles. The van der Waals surface area contributed by atoms with E-state index in [2.05, 4.69) is 0 Å². The van der Waals surface area contributed by atoms with Crippen LogP contribution in [-0.4, -0.2) is 9.13 Å².